The largest absolute Gasteiger partial charge is 0.391 e. The van der Waals surface area contributed by atoms with Gasteiger partial charge in [0.05, 0.1) is 5.92 Å². The molecule has 0 spiro atoms. The predicted octanol–water partition coefficient (Wildman–Crippen LogP) is 4.34. The first-order valence-corrected chi connectivity index (χ1v) is 6.91. The Labute approximate surface area is 116 Å². The van der Waals surface area contributed by atoms with Gasteiger partial charge in [-0.1, -0.05) is 12.1 Å². The minimum atomic E-state index is -4.06. The summed E-state index contributed by atoms with van der Waals surface area (Å²) in [4.78, 5) is 0. The first-order chi connectivity index (χ1) is 9.36. The quantitative estimate of drug-likeness (QED) is 0.816. The Morgan fingerprint density at radius 3 is 2.35 bits per heavy atom. The van der Waals surface area contributed by atoms with Gasteiger partial charge in [-0.05, 0) is 49.8 Å². The van der Waals surface area contributed by atoms with Gasteiger partial charge in [0, 0.05) is 12.6 Å². The number of halogens is 4. The highest BCUT2D eigenvalue weighted by molar-refractivity contribution is 5.23. The molecular formula is C15H19F4N. The molecule has 0 radical (unpaired) electrons. The SMILES string of the molecule is Cc1cc(CNC2CCC(C(F)(F)F)CC2)ccc1F. The highest BCUT2D eigenvalue weighted by atomic mass is 19.4. The molecule has 0 amide bonds. The van der Waals surface area contributed by atoms with Gasteiger partial charge in [-0.25, -0.2) is 4.39 Å². The second-order valence-electron chi connectivity index (χ2n) is 5.55. The Kier molecular flexibility index (Phi) is 4.68. The van der Waals surface area contributed by atoms with Gasteiger partial charge in [-0.3, -0.25) is 0 Å². The number of hydrogen-bond acceptors (Lipinski definition) is 1. The lowest BCUT2D eigenvalue weighted by Gasteiger charge is -2.30. The van der Waals surface area contributed by atoms with Crippen LogP contribution < -0.4 is 5.32 Å². The molecule has 1 nitrogen and oxygen atoms in total. The third-order valence-electron chi connectivity index (χ3n) is 4.01. The summed E-state index contributed by atoms with van der Waals surface area (Å²) in [5.41, 5.74) is 1.55. The minimum Gasteiger partial charge on any atom is -0.310 e. The van der Waals surface area contributed by atoms with E-state index in [2.05, 4.69) is 5.32 Å². The zero-order chi connectivity index (χ0) is 14.8. The lowest BCUT2D eigenvalue weighted by Crippen LogP contribution is -2.36. The van der Waals surface area contributed by atoms with Crippen LogP contribution in [-0.2, 0) is 6.54 Å². The Bertz CT molecular complexity index is 448. The molecule has 1 fully saturated rings. The maximum Gasteiger partial charge on any atom is 0.391 e. The molecule has 0 bridgehead atoms. The summed E-state index contributed by atoms with van der Waals surface area (Å²) in [5, 5.41) is 3.27. The first-order valence-electron chi connectivity index (χ1n) is 6.91. The molecule has 1 N–H and O–H groups in total. The summed E-state index contributed by atoms with van der Waals surface area (Å²) in [6.07, 6.45) is -2.57. The first kappa shape index (κ1) is 15.3. The number of aryl methyl sites for hydroxylation is 1. The Hall–Kier alpha value is -1.10. The predicted molar refractivity (Wildman–Crippen MR) is 69.8 cm³/mol. The van der Waals surface area contributed by atoms with Crippen LogP contribution in [0.15, 0.2) is 18.2 Å². The summed E-state index contributed by atoms with van der Waals surface area (Å²) >= 11 is 0. The van der Waals surface area contributed by atoms with E-state index < -0.39 is 12.1 Å². The van der Waals surface area contributed by atoms with Crippen molar-refractivity contribution < 1.29 is 17.6 Å². The smallest absolute Gasteiger partial charge is 0.310 e. The van der Waals surface area contributed by atoms with Crippen LogP contribution in [0.2, 0.25) is 0 Å². The standard InChI is InChI=1S/C15H19F4N/c1-10-8-11(2-7-14(10)16)9-20-13-5-3-12(4-6-13)15(17,18)19/h2,7-8,12-13,20H,3-6,9H2,1H3. The Morgan fingerprint density at radius 1 is 1.15 bits per heavy atom. The highest BCUT2D eigenvalue weighted by Crippen LogP contribution is 2.37. The van der Waals surface area contributed by atoms with Crippen molar-refractivity contribution in [3.63, 3.8) is 0 Å². The van der Waals surface area contributed by atoms with E-state index in [1.165, 1.54) is 6.07 Å². The summed E-state index contributed by atoms with van der Waals surface area (Å²) in [7, 11) is 0. The summed E-state index contributed by atoms with van der Waals surface area (Å²) in [5.74, 6) is -1.38. The van der Waals surface area contributed by atoms with E-state index in [0.29, 0.717) is 24.9 Å². The van der Waals surface area contributed by atoms with Crippen LogP contribution in [0.4, 0.5) is 17.6 Å². The van der Waals surface area contributed by atoms with Crippen LogP contribution in [-0.4, -0.2) is 12.2 Å². The van der Waals surface area contributed by atoms with Crippen molar-refractivity contribution in [1.82, 2.24) is 5.32 Å². The van der Waals surface area contributed by atoms with Gasteiger partial charge in [0.25, 0.3) is 0 Å². The number of alkyl halides is 3. The molecule has 0 atom stereocenters. The maximum absolute atomic E-state index is 13.1. The summed E-state index contributed by atoms with van der Waals surface area (Å²) in [6, 6.07) is 5.02. The van der Waals surface area contributed by atoms with Crippen molar-refractivity contribution in [3.8, 4) is 0 Å². The molecule has 1 saturated carbocycles. The van der Waals surface area contributed by atoms with Crippen molar-refractivity contribution in [2.45, 2.75) is 51.4 Å². The zero-order valence-corrected chi connectivity index (χ0v) is 11.4. The molecule has 0 aliphatic heterocycles. The number of benzene rings is 1. The molecule has 0 heterocycles. The van der Waals surface area contributed by atoms with Gasteiger partial charge in [-0.2, -0.15) is 13.2 Å². The monoisotopic (exact) mass is 289 g/mol. The van der Waals surface area contributed by atoms with Gasteiger partial charge in [0.2, 0.25) is 0 Å². The van der Waals surface area contributed by atoms with E-state index in [4.69, 9.17) is 0 Å². The molecular weight excluding hydrogens is 270 g/mol. The van der Waals surface area contributed by atoms with Crippen LogP contribution in [0.1, 0.15) is 36.8 Å². The molecule has 1 aromatic carbocycles. The van der Waals surface area contributed by atoms with Gasteiger partial charge >= 0.3 is 6.18 Å². The van der Waals surface area contributed by atoms with Gasteiger partial charge in [0.1, 0.15) is 5.82 Å². The van der Waals surface area contributed by atoms with Gasteiger partial charge in [-0.15, -0.1) is 0 Å². The van der Waals surface area contributed by atoms with Crippen LogP contribution >= 0.6 is 0 Å². The Balaban J connectivity index is 1.80. The lowest BCUT2D eigenvalue weighted by molar-refractivity contribution is -0.182. The zero-order valence-electron chi connectivity index (χ0n) is 11.4. The van der Waals surface area contributed by atoms with Crippen LogP contribution in [0.3, 0.4) is 0 Å². The van der Waals surface area contributed by atoms with E-state index >= 15 is 0 Å². The topological polar surface area (TPSA) is 12.0 Å². The molecule has 0 aromatic heterocycles. The molecule has 1 aromatic rings. The number of hydrogen-bond donors (Lipinski definition) is 1. The van der Waals surface area contributed by atoms with Crippen molar-refractivity contribution in [1.29, 1.82) is 0 Å². The number of rotatable bonds is 3. The maximum atomic E-state index is 13.1. The van der Waals surface area contributed by atoms with E-state index in [0.717, 1.165) is 5.56 Å². The molecule has 20 heavy (non-hydrogen) atoms. The fourth-order valence-electron chi connectivity index (χ4n) is 2.70. The molecule has 112 valence electrons. The highest BCUT2D eigenvalue weighted by Gasteiger charge is 2.41. The van der Waals surface area contributed by atoms with E-state index in [9.17, 15) is 17.6 Å². The molecule has 0 unspecified atom stereocenters. The third-order valence-corrected chi connectivity index (χ3v) is 4.01. The van der Waals surface area contributed by atoms with Crippen molar-refractivity contribution in [2.24, 2.45) is 5.92 Å². The van der Waals surface area contributed by atoms with Gasteiger partial charge < -0.3 is 5.32 Å². The second kappa shape index (κ2) is 6.12. The average molecular weight is 289 g/mol. The molecule has 0 saturated heterocycles. The summed E-state index contributed by atoms with van der Waals surface area (Å²) in [6.45, 7) is 2.27. The van der Waals surface area contributed by atoms with E-state index in [1.807, 2.05) is 0 Å². The van der Waals surface area contributed by atoms with Crippen molar-refractivity contribution in [3.05, 3.63) is 35.1 Å². The molecule has 1 aliphatic rings. The fourth-order valence-corrected chi connectivity index (χ4v) is 2.70. The molecule has 2 rings (SSSR count). The average Bonchev–Trinajstić information content (AvgIpc) is 2.40. The van der Waals surface area contributed by atoms with E-state index in [1.54, 1.807) is 19.1 Å². The second-order valence-corrected chi connectivity index (χ2v) is 5.55. The van der Waals surface area contributed by atoms with Crippen molar-refractivity contribution >= 4 is 0 Å². The lowest BCUT2D eigenvalue weighted by atomic mass is 9.85. The van der Waals surface area contributed by atoms with Gasteiger partial charge in [0.15, 0.2) is 0 Å². The van der Waals surface area contributed by atoms with E-state index in [-0.39, 0.29) is 24.7 Å². The summed E-state index contributed by atoms with van der Waals surface area (Å²) < 4.78 is 50.8. The normalized spacial score (nSPS) is 23.9. The molecule has 5 heteroatoms. The molecule has 1 aliphatic carbocycles. The van der Waals surface area contributed by atoms with Crippen LogP contribution in [0, 0.1) is 18.7 Å². The minimum absolute atomic E-state index is 0.124. The fraction of sp³-hybridized carbons (Fsp3) is 0.600. The van der Waals surface area contributed by atoms with Crippen LogP contribution in [0.25, 0.3) is 0 Å². The third kappa shape index (κ3) is 3.95. The van der Waals surface area contributed by atoms with Crippen LogP contribution in [0.5, 0.6) is 0 Å². The Morgan fingerprint density at radius 2 is 1.80 bits per heavy atom. The van der Waals surface area contributed by atoms with Crippen molar-refractivity contribution in [2.75, 3.05) is 0 Å². The number of nitrogens with one attached hydrogen (secondary N) is 1.